The van der Waals surface area contributed by atoms with E-state index in [0.717, 1.165) is 10.0 Å². The summed E-state index contributed by atoms with van der Waals surface area (Å²) in [4.78, 5) is 11.5. The Morgan fingerprint density at radius 2 is 1.81 bits per heavy atom. The monoisotopic (exact) mass is 367 g/mol. The molecular formula is C14H17BrF3NO2. The molecule has 0 aliphatic rings. The van der Waals surface area contributed by atoms with E-state index >= 15 is 0 Å². The van der Waals surface area contributed by atoms with Gasteiger partial charge in [0.15, 0.2) is 0 Å². The predicted molar refractivity (Wildman–Crippen MR) is 77.1 cm³/mol. The Kier molecular flexibility index (Phi) is 6.22. The Hall–Kier alpha value is -1.08. The molecule has 0 spiro atoms. The van der Waals surface area contributed by atoms with Crippen LogP contribution in [0.15, 0.2) is 28.7 Å². The molecule has 3 nitrogen and oxygen atoms in total. The molecule has 0 bridgehead atoms. The van der Waals surface area contributed by atoms with Gasteiger partial charge in [0.05, 0.1) is 0 Å². The van der Waals surface area contributed by atoms with Crippen molar-refractivity contribution in [2.24, 2.45) is 0 Å². The third-order valence-electron chi connectivity index (χ3n) is 2.85. The van der Waals surface area contributed by atoms with Gasteiger partial charge in [-0.1, -0.05) is 41.9 Å². The Morgan fingerprint density at radius 1 is 1.24 bits per heavy atom. The van der Waals surface area contributed by atoms with Gasteiger partial charge in [-0.05, 0) is 17.7 Å². The molecule has 0 unspecified atom stereocenters. The van der Waals surface area contributed by atoms with Gasteiger partial charge in [-0.15, -0.1) is 0 Å². The van der Waals surface area contributed by atoms with Crippen LogP contribution in [0, 0.1) is 0 Å². The molecule has 0 heterocycles. The van der Waals surface area contributed by atoms with E-state index in [2.05, 4.69) is 26.0 Å². The van der Waals surface area contributed by atoms with Gasteiger partial charge in [0.2, 0.25) is 5.91 Å². The first-order chi connectivity index (χ1) is 9.60. The fourth-order valence-corrected chi connectivity index (χ4v) is 1.90. The average Bonchev–Trinajstić information content (AvgIpc) is 2.35. The van der Waals surface area contributed by atoms with Crippen LogP contribution in [-0.4, -0.2) is 31.8 Å². The lowest BCUT2D eigenvalue weighted by atomic mass is 9.84. The quantitative estimate of drug-likeness (QED) is 0.836. The lowest BCUT2D eigenvalue weighted by molar-refractivity contribution is -0.175. The van der Waals surface area contributed by atoms with E-state index in [4.69, 9.17) is 0 Å². The van der Waals surface area contributed by atoms with E-state index in [1.54, 1.807) is 0 Å². The van der Waals surface area contributed by atoms with Gasteiger partial charge in [0, 0.05) is 16.4 Å². The molecule has 7 heteroatoms. The zero-order valence-electron chi connectivity index (χ0n) is 11.8. The molecule has 1 rings (SSSR count). The van der Waals surface area contributed by atoms with E-state index < -0.39 is 25.3 Å². The fourth-order valence-electron chi connectivity index (χ4n) is 1.63. The number of nitrogens with one attached hydrogen (secondary N) is 1. The zero-order valence-corrected chi connectivity index (χ0v) is 13.3. The zero-order chi connectivity index (χ0) is 16.1. The fraction of sp³-hybridized carbons (Fsp3) is 0.500. The normalized spacial score (nSPS) is 12.3. The van der Waals surface area contributed by atoms with E-state index in [1.165, 1.54) is 0 Å². The highest BCUT2D eigenvalue weighted by Crippen LogP contribution is 2.24. The minimum absolute atomic E-state index is 0.308. The second kappa shape index (κ2) is 7.26. The summed E-state index contributed by atoms with van der Waals surface area (Å²) in [6.45, 7) is 2.16. The summed E-state index contributed by atoms with van der Waals surface area (Å²) in [5.41, 5.74) is 0.683. The highest BCUT2D eigenvalue weighted by atomic mass is 79.9. The maximum Gasteiger partial charge on any atom is 0.411 e. The number of halogens is 4. The summed E-state index contributed by atoms with van der Waals surface area (Å²) in [5.74, 6) is -0.565. The molecule has 1 amide bonds. The molecule has 0 saturated heterocycles. The van der Waals surface area contributed by atoms with Crippen LogP contribution in [0.4, 0.5) is 13.2 Å². The van der Waals surface area contributed by atoms with Crippen molar-refractivity contribution in [1.82, 2.24) is 5.32 Å². The third kappa shape index (κ3) is 6.95. The number of amides is 1. The standard InChI is InChI=1S/C14H17BrF3NO2/c1-13(2,10-3-5-11(15)6-4-10)8-19-12(20)7-21-9-14(16,17)18/h3-6H,7-9H2,1-2H3,(H,19,20). The molecule has 1 N–H and O–H groups in total. The van der Waals surface area contributed by atoms with E-state index in [-0.39, 0.29) is 5.41 Å². The minimum atomic E-state index is -4.42. The molecule has 0 radical (unpaired) electrons. The summed E-state index contributed by atoms with van der Waals surface area (Å²) >= 11 is 3.34. The number of benzene rings is 1. The SMILES string of the molecule is CC(C)(CNC(=O)COCC(F)(F)F)c1ccc(Br)cc1. The second-order valence-electron chi connectivity index (χ2n) is 5.28. The topological polar surface area (TPSA) is 38.3 Å². The summed E-state index contributed by atoms with van der Waals surface area (Å²) in [6.07, 6.45) is -4.42. The largest absolute Gasteiger partial charge is 0.411 e. The summed E-state index contributed by atoms with van der Waals surface area (Å²) < 4.78 is 40.9. The number of rotatable bonds is 6. The van der Waals surface area contributed by atoms with Crippen LogP contribution in [-0.2, 0) is 14.9 Å². The molecule has 0 aromatic heterocycles. The Labute approximate surface area is 130 Å². The summed E-state index contributed by atoms with van der Waals surface area (Å²) in [7, 11) is 0. The first-order valence-corrected chi connectivity index (χ1v) is 7.07. The second-order valence-corrected chi connectivity index (χ2v) is 6.19. The number of hydrogen-bond acceptors (Lipinski definition) is 2. The van der Waals surface area contributed by atoms with Crippen LogP contribution in [0.2, 0.25) is 0 Å². The number of alkyl halides is 3. The van der Waals surface area contributed by atoms with Crippen LogP contribution in [0.5, 0.6) is 0 Å². The van der Waals surface area contributed by atoms with Gasteiger partial charge >= 0.3 is 6.18 Å². The molecular weight excluding hydrogens is 351 g/mol. The van der Waals surface area contributed by atoms with Gasteiger partial charge in [0.25, 0.3) is 0 Å². The van der Waals surface area contributed by atoms with Crippen LogP contribution in [0.1, 0.15) is 19.4 Å². The molecule has 1 aromatic rings. The molecule has 0 fully saturated rings. The summed E-state index contributed by atoms with van der Waals surface area (Å²) in [5, 5.41) is 2.58. The molecule has 21 heavy (non-hydrogen) atoms. The smallest absolute Gasteiger partial charge is 0.362 e. The van der Waals surface area contributed by atoms with Crippen LogP contribution in [0.25, 0.3) is 0 Å². The molecule has 118 valence electrons. The van der Waals surface area contributed by atoms with Gasteiger partial charge in [-0.3, -0.25) is 4.79 Å². The number of carbonyl (C=O) groups is 1. The highest BCUT2D eigenvalue weighted by Gasteiger charge is 2.28. The lowest BCUT2D eigenvalue weighted by Gasteiger charge is -2.25. The molecule has 0 aliphatic heterocycles. The number of carbonyl (C=O) groups excluding carboxylic acids is 1. The van der Waals surface area contributed by atoms with Crippen molar-refractivity contribution in [3.63, 3.8) is 0 Å². The maximum absolute atomic E-state index is 11.9. The van der Waals surface area contributed by atoms with Gasteiger partial charge in [0.1, 0.15) is 13.2 Å². The van der Waals surface area contributed by atoms with Crippen molar-refractivity contribution in [3.05, 3.63) is 34.3 Å². The first kappa shape index (κ1) is 18.0. The molecule has 0 atom stereocenters. The first-order valence-electron chi connectivity index (χ1n) is 6.27. The predicted octanol–water partition coefficient (Wildman–Crippen LogP) is 3.42. The van der Waals surface area contributed by atoms with Crippen LogP contribution in [0.3, 0.4) is 0 Å². The number of ether oxygens (including phenoxy) is 1. The van der Waals surface area contributed by atoms with E-state index in [0.29, 0.717) is 6.54 Å². The van der Waals surface area contributed by atoms with Gasteiger partial charge in [-0.25, -0.2) is 0 Å². The van der Waals surface area contributed by atoms with Crippen LogP contribution < -0.4 is 5.32 Å². The average molecular weight is 368 g/mol. The Balaban J connectivity index is 2.42. The number of hydrogen-bond donors (Lipinski definition) is 1. The molecule has 0 aliphatic carbocycles. The Morgan fingerprint density at radius 3 is 2.33 bits per heavy atom. The summed E-state index contributed by atoms with van der Waals surface area (Å²) in [6, 6.07) is 7.64. The van der Waals surface area contributed by atoms with Crippen molar-refractivity contribution in [1.29, 1.82) is 0 Å². The lowest BCUT2D eigenvalue weighted by Crippen LogP contribution is -2.38. The van der Waals surface area contributed by atoms with Gasteiger partial charge < -0.3 is 10.1 Å². The molecule has 0 saturated carbocycles. The van der Waals surface area contributed by atoms with E-state index in [9.17, 15) is 18.0 Å². The molecule has 1 aromatic carbocycles. The minimum Gasteiger partial charge on any atom is -0.362 e. The van der Waals surface area contributed by atoms with Crippen molar-refractivity contribution in [2.45, 2.75) is 25.4 Å². The van der Waals surface area contributed by atoms with Crippen LogP contribution >= 0.6 is 15.9 Å². The highest BCUT2D eigenvalue weighted by molar-refractivity contribution is 9.10. The van der Waals surface area contributed by atoms with E-state index in [1.807, 2.05) is 38.1 Å². The van der Waals surface area contributed by atoms with Gasteiger partial charge in [-0.2, -0.15) is 13.2 Å². The Bertz CT molecular complexity index is 472. The maximum atomic E-state index is 11.9. The van der Waals surface area contributed by atoms with Crippen molar-refractivity contribution in [2.75, 3.05) is 19.8 Å². The van der Waals surface area contributed by atoms with Crippen molar-refractivity contribution < 1.29 is 22.7 Å². The third-order valence-corrected chi connectivity index (χ3v) is 3.38. The van der Waals surface area contributed by atoms with Crippen molar-refractivity contribution in [3.8, 4) is 0 Å². The van der Waals surface area contributed by atoms with Crippen molar-refractivity contribution >= 4 is 21.8 Å².